The fraction of sp³-hybridized carbons (Fsp3) is 0.464. The molecule has 0 saturated heterocycles. The molecule has 1 aliphatic rings. The molecule has 33 heavy (non-hydrogen) atoms. The van der Waals surface area contributed by atoms with Crippen LogP contribution in [0.1, 0.15) is 67.2 Å². The van der Waals surface area contributed by atoms with E-state index in [0.717, 1.165) is 24.0 Å². The molecule has 1 aromatic carbocycles. The Labute approximate surface area is 200 Å². The second-order valence-electron chi connectivity index (χ2n) is 9.63. The molecule has 180 valence electrons. The van der Waals surface area contributed by atoms with Crippen LogP contribution in [0.2, 0.25) is 0 Å². The second kappa shape index (κ2) is 11.6. The Kier molecular flexibility index (Phi) is 9.47. The maximum atomic E-state index is 13.5. The van der Waals surface area contributed by atoms with Crippen molar-refractivity contribution in [3.63, 3.8) is 0 Å². The van der Waals surface area contributed by atoms with Gasteiger partial charge < -0.3 is 4.74 Å². The van der Waals surface area contributed by atoms with Gasteiger partial charge in [-0.25, -0.2) is 8.42 Å². The molecular formula is C28H38O4S. The molecule has 0 spiro atoms. The summed E-state index contributed by atoms with van der Waals surface area (Å²) in [6.07, 6.45) is 11.6. The SMILES string of the molecule is CC(=O)OC/C=C(/C)CC(/C=C(C)/C=C/C1=C(C)CCCC1(C)C)S(=O)(=O)c1ccccc1. The lowest BCUT2D eigenvalue weighted by atomic mass is 9.72. The molecule has 2 rings (SSSR count). The number of carbonyl (C=O) groups is 1. The quantitative estimate of drug-likeness (QED) is 0.227. The summed E-state index contributed by atoms with van der Waals surface area (Å²) in [6.45, 7) is 12.1. The standard InChI is InChI=1S/C28H38O4S/c1-21(14-15-27-23(3)11-10-17-28(27,5)6)19-26(20-22(2)16-18-32-24(4)29)33(30,31)25-12-8-7-9-13-25/h7-9,12-16,19,26H,10-11,17-18,20H2,1-6H3/b15-14+,21-19+,22-16-. The van der Waals surface area contributed by atoms with E-state index in [9.17, 15) is 13.2 Å². The molecule has 1 aliphatic carbocycles. The number of rotatable bonds is 9. The predicted molar refractivity (Wildman–Crippen MR) is 136 cm³/mol. The fourth-order valence-corrected chi connectivity index (χ4v) is 6.08. The molecule has 0 fully saturated rings. The van der Waals surface area contributed by atoms with E-state index >= 15 is 0 Å². The molecule has 4 nitrogen and oxygen atoms in total. The van der Waals surface area contributed by atoms with E-state index in [1.54, 1.807) is 30.3 Å². The van der Waals surface area contributed by atoms with Crippen molar-refractivity contribution < 1.29 is 17.9 Å². The third kappa shape index (κ3) is 7.85. The number of allylic oxidation sites excluding steroid dienone is 6. The van der Waals surface area contributed by atoms with Crippen molar-refractivity contribution in [1.29, 1.82) is 0 Å². The monoisotopic (exact) mass is 470 g/mol. The van der Waals surface area contributed by atoms with Gasteiger partial charge in [-0.15, -0.1) is 0 Å². The van der Waals surface area contributed by atoms with Gasteiger partial charge in [0.05, 0.1) is 10.1 Å². The van der Waals surface area contributed by atoms with E-state index in [1.165, 1.54) is 24.5 Å². The van der Waals surface area contributed by atoms with Gasteiger partial charge >= 0.3 is 5.97 Å². The van der Waals surface area contributed by atoms with Crippen LogP contribution in [-0.4, -0.2) is 26.2 Å². The summed E-state index contributed by atoms with van der Waals surface area (Å²) < 4.78 is 31.9. The molecule has 0 aromatic heterocycles. The molecule has 0 bridgehead atoms. The number of carbonyl (C=O) groups excluding carboxylic acids is 1. The first kappa shape index (κ1) is 26.8. The normalized spacial score (nSPS) is 18.5. The van der Waals surface area contributed by atoms with Gasteiger partial charge in [0.2, 0.25) is 0 Å². The average molecular weight is 471 g/mol. The Morgan fingerprint density at radius 2 is 1.82 bits per heavy atom. The van der Waals surface area contributed by atoms with E-state index in [2.05, 4.69) is 26.8 Å². The lowest BCUT2D eigenvalue weighted by molar-refractivity contribution is -0.139. The van der Waals surface area contributed by atoms with Gasteiger partial charge in [-0.3, -0.25) is 4.79 Å². The van der Waals surface area contributed by atoms with Crippen LogP contribution in [0.25, 0.3) is 0 Å². The highest BCUT2D eigenvalue weighted by Gasteiger charge is 2.27. The molecule has 1 atom stereocenters. The smallest absolute Gasteiger partial charge is 0.302 e. The Morgan fingerprint density at radius 1 is 1.15 bits per heavy atom. The van der Waals surface area contributed by atoms with Crippen LogP contribution >= 0.6 is 0 Å². The summed E-state index contributed by atoms with van der Waals surface area (Å²) in [6, 6.07) is 8.56. The molecule has 1 aromatic rings. The average Bonchev–Trinajstić information content (AvgIpc) is 2.72. The molecular weight excluding hydrogens is 432 g/mol. The molecule has 0 amide bonds. The highest BCUT2D eigenvalue weighted by Crippen LogP contribution is 2.40. The summed E-state index contributed by atoms with van der Waals surface area (Å²) >= 11 is 0. The van der Waals surface area contributed by atoms with Crippen molar-refractivity contribution in [1.82, 2.24) is 0 Å². The number of esters is 1. The van der Waals surface area contributed by atoms with Crippen LogP contribution in [0, 0.1) is 5.41 Å². The van der Waals surface area contributed by atoms with Crippen molar-refractivity contribution in [3.8, 4) is 0 Å². The molecule has 0 aliphatic heterocycles. The van der Waals surface area contributed by atoms with Gasteiger partial charge in [0.25, 0.3) is 0 Å². The van der Waals surface area contributed by atoms with Crippen molar-refractivity contribution >= 4 is 15.8 Å². The number of benzene rings is 1. The van der Waals surface area contributed by atoms with Crippen molar-refractivity contribution in [3.05, 3.63) is 76.9 Å². The van der Waals surface area contributed by atoms with Crippen LogP contribution in [0.3, 0.4) is 0 Å². The minimum Gasteiger partial charge on any atom is -0.462 e. The van der Waals surface area contributed by atoms with E-state index in [-0.39, 0.29) is 18.0 Å². The second-order valence-corrected chi connectivity index (χ2v) is 11.8. The first-order valence-corrected chi connectivity index (χ1v) is 13.1. The fourth-order valence-electron chi connectivity index (χ4n) is 4.32. The van der Waals surface area contributed by atoms with Crippen molar-refractivity contribution in [2.75, 3.05) is 6.61 Å². The van der Waals surface area contributed by atoms with E-state index in [1.807, 2.05) is 32.1 Å². The number of hydrogen-bond donors (Lipinski definition) is 0. The number of ether oxygens (including phenoxy) is 1. The highest BCUT2D eigenvalue weighted by atomic mass is 32.2. The largest absolute Gasteiger partial charge is 0.462 e. The summed E-state index contributed by atoms with van der Waals surface area (Å²) in [5.74, 6) is -0.358. The highest BCUT2D eigenvalue weighted by molar-refractivity contribution is 7.92. The molecule has 0 saturated carbocycles. The summed E-state index contributed by atoms with van der Waals surface area (Å²) in [4.78, 5) is 11.3. The van der Waals surface area contributed by atoms with E-state index in [4.69, 9.17) is 4.74 Å². The summed E-state index contributed by atoms with van der Waals surface area (Å²) in [5, 5.41) is -0.715. The van der Waals surface area contributed by atoms with Crippen molar-refractivity contribution in [2.24, 2.45) is 5.41 Å². The van der Waals surface area contributed by atoms with Gasteiger partial charge in [0, 0.05) is 6.92 Å². The predicted octanol–water partition coefficient (Wildman–Crippen LogP) is 6.76. The zero-order chi connectivity index (χ0) is 24.6. The van der Waals surface area contributed by atoms with Gasteiger partial charge in [-0.2, -0.15) is 0 Å². The van der Waals surface area contributed by atoms with Crippen LogP contribution < -0.4 is 0 Å². The Morgan fingerprint density at radius 3 is 2.42 bits per heavy atom. The minimum absolute atomic E-state index is 0.130. The van der Waals surface area contributed by atoms with Crippen LogP contribution in [-0.2, 0) is 19.4 Å². The number of sulfone groups is 1. The summed E-state index contributed by atoms with van der Waals surface area (Å²) in [7, 11) is -3.58. The van der Waals surface area contributed by atoms with E-state index in [0.29, 0.717) is 11.3 Å². The van der Waals surface area contributed by atoms with Crippen LogP contribution in [0.5, 0.6) is 0 Å². The van der Waals surface area contributed by atoms with Gasteiger partial charge in [0.15, 0.2) is 9.84 Å². The lowest BCUT2D eigenvalue weighted by Gasteiger charge is -2.33. The Balaban J connectivity index is 2.36. The maximum absolute atomic E-state index is 13.5. The topological polar surface area (TPSA) is 60.4 Å². The minimum atomic E-state index is -3.58. The van der Waals surface area contributed by atoms with Gasteiger partial charge in [0.1, 0.15) is 6.61 Å². The third-order valence-electron chi connectivity index (χ3n) is 6.22. The first-order chi connectivity index (χ1) is 15.4. The van der Waals surface area contributed by atoms with Crippen LogP contribution in [0.4, 0.5) is 0 Å². The number of hydrogen-bond acceptors (Lipinski definition) is 4. The maximum Gasteiger partial charge on any atom is 0.302 e. The lowest BCUT2D eigenvalue weighted by Crippen LogP contribution is -2.20. The summed E-state index contributed by atoms with van der Waals surface area (Å²) in [5.41, 5.74) is 4.66. The molecule has 1 unspecified atom stereocenters. The molecule has 0 N–H and O–H groups in total. The Bertz CT molecular complexity index is 1050. The van der Waals surface area contributed by atoms with Gasteiger partial charge in [-0.05, 0) is 75.7 Å². The van der Waals surface area contributed by atoms with Gasteiger partial charge in [-0.1, -0.05) is 67.0 Å². The van der Waals surface area contributed by atoms with Crippen LogP contribution in [0.15, 0.2) is 81.8 Å². The Hall–Kier alpha value is -2.40. The zero-order valence-corrected chi connectivity index (χ0v) is 21.7. The molecule has 5 heteroatoms. The molecule has 0 radical (unpaired) electrons. The van der Waals surface area contributed by atoms with Crippen molar-refractivity contribution in [2.45, 2.75) is 77.4 Å². The first-order valence-electron chi connectivity index (χ1n) is 11.6. The zero-order valence-electron chi connectivity index (χ0n) is 20.9. The third-order valence-corrected chi connectivity index (χ3v) is 8.25. The molecule has 0 heterocycles. The van der Waals surface area contributed by atoms with E-state index < -0.39 is 15.1 Å².